The second-order valence-corrected chi connectivity index (χ2v) is 9.91. The molecule has 0 spiro atoms. The van der Waals surface area contributed by atoms with Gasteiger partial charge < -0.3 is 15.7 Å². The number of guanidine groups is 1. The maximum absolute atomic E-state index is 9.64. The summed E-state index contributed by atoms with van der Waals surface area (Å²) in [4.78, 5) is 6.86. The molecule has 30 heavy (non-hydrogen) atoms. The standard InChI is InChI=1S/C23H38N4OS.HI/c1-3-29-22-6-4-5-20(15-22)26-23(24-2)25-16-18-7-9-19(10-8-18)17-27-13-11-21(28)12-14-27;/h7-10,20-22,28H,3-6,11-17H2,1-2H3,(H2,24,25,26);1H. The zero-order chi connectivity index (χ0) is 20.5. The number of nitrogens with zero attached hydrogens (tertiary/aromatic N) is 2. The number of halogens is 1. The number of aliphatic imine (C=N–C) groups is 1. The lowest BCUT2D eigenvalue weighted by Crippen LogP contribution is -2.45. The lowest BCUT2D eigenvalue weighted by molar-refractivity contribution is 0.0792. The van der Waals surface area contributed by atoms with Crippen LogP contribution in [0.15, 0.2) is 29.3 Å². The van der Waals surface area contributed by atoms with Crippen molar-refractivity contribution in [2.24, 2.45) is 4.99 Å². The van der Waals surface area contributed by atoms with Gasteiger partial charge in [0.25, 0.3) is 0 Å². The molecule has 2 fully saturated rings. The molecule has 7 heteroatoms. The maximum Gasteiger partial charge on any atom is 0.191 e. The van der Waals surface area contributed by atoms with E-state index in [1.165, 1.54) is 42.6 Å². The van der Waals surface area contributed by atoms with Gasteiger partial charge in [-0.3, -0.25) is 9.89 Å². The van der Waals surface area contributed by atoms with E-state index in [1.807, 2.05) is 7.05 Å². The minimum Gasteiger partial charge on any atom is -0.393 e. The van der Waals surface area contributed by atoms with Gasteiger partial charge in [-0.2, -0.15) is 11.8 Å². The molecule has 2 atom stereocenters. The molecule has 5 nitrogen and oxygen atoms in total. The van der Waals surface area contributed by atoms with Crippen LogP contribution in [0.3, 0.4) is 0 Å². The number of aliphatic hydroxyl groups excluding tert-OH is 1. The maximum atomic E-state index is 9.64. The van der Waals surface area contributed by atoms with Crippen molar-refractivity contribution in [2.75, 3.05) is 25.9 Å². The third kappa shape index (κ3) is 8.55. The Morgan fingerprint density at radius 1 is 1.13 bits per heavy atom. The topological polar surface area (TPSA) is 59.9 Å². The van der Waals surface area contributed by atoms with Gasteiger partial charge in [-0.05, 0) is 49.0 Å². The van der Waals surface area contributed by atoms with E-state index >= 15 is 0 Å². The van der Waals surface area contributed by atoms with Gasteiger partial charge in [-0.1, -0.05) is 37.6 Å². The largest absolute Gasteiger partial charge is 0.393 e. The summed E-state index contributed by atoms with van der Waals surface area (Å²) < 4.78 is 0. The first-order valence-corrected chi connectivity index (χ1v) is 12.3. The van der Waals surface area contributed by atoms with E-state index < -0.39 is 0 Å². The molecule has 1 saturated heterocycles. The molecule has 1 aliphatic heterocycles. The summed E-state index contributed by atoms with van der Waals surface area (Å²) in [5.41, 5.74) is 2.61. The number of hydrogen-bond donors (Lipinski definition) is 3. The Hall–Kier alpha value is -0.510. The Morgan fingerprint density at radius 2 is 1.83 bits per heavy atom. The number of benzene rings is 1. The normalized spacial score (nSPS) is 23.6. The fraction of sp³-hybridized carbons (Fsp3) is 0.696. The highest BCUT2D eigenvalue weighted by molar-refractivity contribution is 14.0. The SMILES string of the molecule is CCSC1CCCC(NC(=NC)NCc2ccc(CN3CCC(O)CC3)cc2)C1.I. The summed E-state index contributed by atoms with van der Waals surface area (Å²) in [6, 6.07) is 9.41. The number of hydrogen-bond acceptors (Lipinski definition) is 4. The van der Waals surface area contributed by atoms with Crippen molar-refractivity contribution in [3.8, 4) is 0 Å². The quantitative estimate of drug-likeness (QED) is 0.274. The molecule has 1 aromatic carbocycles. The van der Waals surface area contributed by atoms with Gasteiger partial charge in [0, 0.05) is 44.5 Å². The van der Waals surface area contributed by atoms with E-state index in [4.69, 9.17) is 0 Å². The molecule has 2 aliphatic rings. The Balaban J connectivity index is 0.00000320. The van der Waals surface area contributed by atoms with Gasteiger partial charge in [0.1, 0.15) is 0 Å². The first kappa shape index (κ1) is 25.7. The first-order valence-electron chi connectivity index (χ1n) is 11.2. The van der Waals surface area contributed by atoms with Gasteiger partial charge in [0.05, 0.1) is 6.10 Å². The first-order chi connectivity index (χ1) is 14.2. The Bertz CT molecular complexity index is 633. The number of likely N-dealkylation sites (tertiary alicyclic amines) is 1. The van der Waals surface area contributed by atoms with Crippen LogP contribution < -0.4 is 10.6 Å². The molecule has 0 bridgehead atoms. The van der Waals surface area contributed by atoms with Crippen LogP contribution in [0.2, 0.25) is 0 Å². The predicted octanol–water partition coefficient (Wildman–Crippen LogP) is 3.99. The average Bonchev–Trinajstić information content (AvgIpc) is 2.74. The Morgan fingerprint density at radius 3 is 2.50 bits per heavy atom. The third-order valence-corrected chi connectivity index (χ3v) is 7.27. The molecular formula is C23H39IN4OS. The molecule has 3 N–H and O–H groups in total. The zero-order valence-electron chi connectivity index (χ0n) is 18.5. The summed E-state index contributed by atoms with van der Waals surface area (Å²) in [6.45, 7) is 6.00. The molecule has 1 saturated carbocycles. The summed E-state index contributed by atoms with van der Waals surface area (Å²) in [5.74, 6) is 2.12. The van der Waals surface area contributed by atoms with E-state index in [9.17, 15) is 5.11 Å². The van der Waals surface area contributed by atoms with Crippen molar-refractivity contribution < 1.29 is 5.11 Å². The number of nitrogens with one attached hydrogen (secondary N) is 2. The summed E-state index contributed by atoms with van der Waals surface area (Å²) in [7, 11) is 1.86. The smallest absolute Gasteiger partial charge is 0.191 e. The second kappa shape index (κ2) is 13.8. The fourth-order valence-corrected chi connectivity index (χ4v) is 5.51. The third-order valence-electron chi connectivity index (χ3n) is 6.04. The van der Waals surface area contributed by atoms with Crippen LogP contribution in [0.1, 0.15) is 56.6 Å². The van der Waals surface area contributed by atoms with Crippen molar-refractivity contribution in [1.29, 1.82) is 0 Å². The molecule has 1 aliphatic carbocycles. The number of aliphatic hydroxyl groups is 1. The monoisotopic (exact) mass is 546 g/mol. The predicted molar refractivity (Wildman–Crippen MR) is 140 cm³/mol. The second-order valence-electron chi connectivity index (χ2n) is 8.33. The minimum absolute atomic E-state index is 0. The minimum atomic E-state index is -0.104. The van der Waals surface area contributed by atoms with Gasteiger partial charge in [-0.15, -0.1) is 24.0 Å². The van der Waals surface area contributed by atoms with Gasteiger partial charge in [0.15, 0.2) is 5.96 Å². The molecule has 1 aromatic rings. The number of rotatable bonds is 7. The van der Waals surface area contributed by atoms with Crippen LogP contribution in [-0.4, -0.2) is 59.3 Å². The molecule has 0 amide bonds. The van der Waals surface area contributed by atoms with Crippen molar-refractivity contribution in [1.82, 2.24) is 15.5 Å². The molecule has 3 rings (SSSR count). The fourth-order valence-electron chi connectivity index (χ4n) is 4.34. The Kier molecular flexibility index (Phi) is 11.8. The molecule has 2 unspecified atom stereocenters. The zero-order valence-corrected chi connectivity index (χ0v) is 21.6. The molecule has 170 valence electrons. The highest BCUT2D eigenvalue weighted by Crippen LogP contribution is 2.28. The highest BCUT2D eigenvalue weighted by atomic mass is 127. The molecular weight excluding hydrogens is 507 g/mol. The van der Waals surface area contributed by atoms with E-state index in [0.717, 1.165) is 50.2 Å². The van der Waals surface area contributed by atoms with Crippen molar-refractivity contribution in [3.63, 3.8) is 0 Å². The van der Waals surface area contributed by atoms with Gasteiger partial charge in [0.2, 0.25) is 0 Å². The Labute approximate surface area is 203 Å². The summed E-state index contributed by atoms with van der Waals surface area (Å²) in [6.07, 6.45) is 6.83. The van der Waals surface area contributed by atoms with Crippen LogP contribution in [0.5, 0.6) is 0 Å². The van der Waals surface area contributed by atoms with Gasteiger partial charge >= 0.3 is 0 Å². The molecule has 0 radical (unpaired) electrons. The molecule has 1 heterocycles. The van der Waals surface area contributed by atoms with Crippen molar-refractivity contribution in [2.45, 2.75) is 75.9 Å². The summed E-state index contributed by atoms with van der Waals surface area (Å²) >= 11 is 2.10. The van der Waals surface area contributed by atoms with Crippen LogP contribution in [-0.2, 0) is 13.1 Å². The van der Waals surface area contributed by atoms with Crippen LogP contribution >= 0.6 is 35.7 Å². The highest BCUT2D eigenvalue weighted by Gasteiger charge is 2.22. The van der Waals surface area contributed by atoms with E-state index in [2.05, 4.69) is 63.5 Å². The van der Waals surface area contributed by atoms with E-state index in [1.54, 1.807) is 0 Å². The average molecular weight is 547 g/mol. The van der Waals surface area contributed by atoms with Crippen LogP contribution in [0.25, 0.3) is 0 Å². The lowest BCUT2D eigenvalue weighted by Gasteiger charge is -2.30. The van der Waals surface area contributed by atoms with Gasteiger partial charge in [-0.25, -0.2) is 0 Å². The van der Waals surface area contributed by atoms with Crippen LogP contribution in [0, 0.1) is 0 Å². The lowest BCUT2D eigenvalue weighted by atomic mass is 9.95. The molecule has 0 aromatic heterocycles. The number of thioether (sulfide) groups is 1. The number of piperidine rings is 1. The van der Waals surface area contributed by atoms with Crippen molar-refractivity contribution >= 4 is 41.7 Å². The summed E-state index contributed by atoms with van der Waals surface area (Å²) in [5, 5.41) is 17.5. The van der Waals surface area contributed by atoms with E-state index in [0.29, 0.717) is 6.04 Å². The van der Waals surface area contributed by atoms with E-state index in [-0.39, 0.29) is 30.1 Å². The van der Waals surface area contributed by atoms with Crippen molar-refractivity contribution in [3.05, 3.63) is 35.4 Å². The van der Waals surface area contributed by atoms with Crippen LogP contribution in [0.4, 0.5) is 0 Å².